The van der Waals surface area contributed by atoms with Gasteiger partial charge < -0.3 is 10.2 Å². The number of carboxylic acids is 1. The highest BCUT2D eigenvalue weighted by atomic mass is 16.4. The van der Waals surface area contributed by atoms with Crippen LogP contribution in [0.25, 0.3) is 0 Å². The summed E-state index contributed by atoms with van der Waals surface area (Å²) in [5.41, 5.74) is 1.77. The van der Waals surface area contributed by atoms with Crippen LogP contribution in [0, 0.1) is 58.2 Å². The average molecular weight is 669 g/mol. The van der Waals surface area contributed by atoms with Crippen LogP contribution in [0.1, 0.15) is 202 Å². The SMILES string of the molecule is CCCCCCCCCCCCCCCCC(C(=O)O)C1C[C@H](O)CC2=CC[C@H]3[C@@H]4CC[C@H]([C@H](C)CCCC(C)C)[C@@]4(C)CC[C@@H]3[C@@]21C. The number of allylic oxidation sites excluding steroid dienone is 1. The first-order chi connectivity index (χ1) is 23.0. The zero-order valence-electron chi connectivity index (χ0n) is 32.8. The minimum atomic E-state index is -0.608. The maximum absolute atomic E-state index is 13.0. The lowest BCUT2D eigenvalue weighted by Crippen LogP contribution is -2.55. The van der Waals surface area contributed by atoms with E-state index in [0.29, 0.717) is 23.7 Å². The van der Waals surface area contributed by atoms with Crippen molar-refractivity contribution in [3.05, 3.63) is 11.6 Å². The summed E-state index contributed by atoms with van der Waals surface area (Å²) in [5.74, 6) is 3.57. The molecule has 0 bridgehead atoms. The van der Waals surface area contributed by atoms with Crippen LogP contribution in [0.2, 0.25) is 0 Å². The van der Waals surface area contributed by atoms with Gasteiger partial charge in [-0.1, -0.05) is 162 Å². The zero-order chi connectivity index (χ0) is 34.7. The van der Waals surface area contributed by atoms with Crippen LogP contribution in [0.5, 0.6) is 0 Å². The van der Waals surface area contributed by atoms with Crippen LogP contribution < -0.4 is 0 Å². The Balaban J connectivity index is 1.31. The molecular weight excluding hydrogens is 588 g/mol. The fourth-order valence-corrected chi connectivity index (χ4v) is 12.5. The van der Waals surface area contributed by atoms with E-state index >= 15 is 0 Å². The van der Waals surface area contributed by atoms with Crippen molar-refractivity contribution in [2.24, 2.45) is 58.2 Å². The number of aliphatic hydroxyl groups is 1. The quantitative estimate of drug-likeness (QED) is 0.0891. The molecule has 3 fully saturated rings. The van der Waals surface area contributed by atoms with Gasteiger partial charge in [0, 0.05) is 0 Å². The summed E-state index contributed by atoms with van der Waals surface area (Å²) in [7, 11) is 0. The van der Waals surface area contributed by atoms with Crippen molar-refractivity contribution in [3.63, 3.8) is 0 Å². The summed E-state index contributed by atoms with van der Waals surface area (Å²) in [6.45, 7) is 14.7. The second-order valence-corrected chi connectivity index (χ2v) is 18.7. The molecule has 0 aliphatic heterocycles. The first-order valence-electron chi connectivity index (χ1n) is 21.6. The molecule has 2 N–H and O–H groups in total. The van der Waals surface area contributed by atoms with Gasteiger partial charge in [-0.2, -0.15) is 0 Å². The number of carboxylic acid groups (broad SMARTS) is 1. The molecule has 0 saturated heterocycles. The molecule has 10 atom stereocenters. The average Bonchev–Trinajstić information content (AvgIpc) is 3.40. The summed E-state index contributed by atoms with van der Waals surface area (Å²) < 4.78 is 0. The molecule has 0 aromatic rings. The molecule has 48 heavy (non-hydrogen) atoms. The van der Waals surface area contributed by atoms with Crippen LogP contribution in [0.3, 0.4) is 0 Å². The number of fused-ring (bicyclic) bond motifs is 5. The molecule has 0 aromatic heterocycles. The number of rotatable bonds is 22. The van der Waals surface area contributed by atoms with E-state index in [1.54, 1.807) is 0 Å². The maximum Gasteiger partial charge on any atom is 0.306 e. The molecule has 0 spiro atoms. The lowest BCUT2D eigenvalue weighted by atomic mass is 9.43. The Kier molecular flexibility index (Phi) is 15.9. The van der Waals surface area contributed by atoms with Gasteiger partial charge in [-0.15, -0.1) is 0 Å². The summed E-state index contributed by atoms with van der Waals surface area (Å²) in [6, 6.07) is 0. The van der Waals surface area contributed by atoms with E-state index in [1.165, 1.54) is 128 Å². The number of carbonyl (C=O) groups is 1. The van der Waals surface area contributed by atoms with E-state index in [9.17, 15) is 15.0 Å². The summed E-state index contributed by atoms with van der Waals surface area (Å²) in [5, 5.41) is 21.8. The number of aliphatic carboxylic acids is 1. The van der Waals surface area contributed by atoms with Gasteiger partial charge in [0.25, 0.3) is 0 Å². The highest BCUT2D eigenvalue weighted by Gasteiger charge is 2.62. The molecule has 4 aliphatic rings. The minimum absolute atomic E-state index is 0.0521. The third-order valence-corrected chi connectivity index (χ3v) is 15.2. The molecule has 0 heterocycles. The van der Waals surface area contributed by atoms with E-state index in [2.05, 4.69) is 47.6 Å². The number of hydrogen-bond donors (Lipinski definition) is 2. The van der Waals surface area contributed by atoms with Gasteiger partial charge in [0.1, 0.15) is 0 Å². The third-order valence-electron chi connectivity index (χ3n) is 15.2. The number of unbranched alkanes of at least 4 members (excludes halogenated alkanes) is 13. The highest BCUT2D eigenvalue weighted by molar-refractivity contribution is 5.70. The first-order valence-corrected chi connectivity index (χ1v) is 21.6. The van der Waals surface area contributed by atoms with Crippen LogP contribution in [-0.2, 0) is 4.79 Å². The Morgan fingerprint density at radius 1 is 0.771 bits per heavy atom. The highest BCUT2D eigenvalue weighted by Crippen LogP contribution is 2.69. The lowest BCUT2D eigenvalue weighted by molar-refractivity contribution is -0.151. The van der Waals surface area contributed by atoms with E-state index < -0.39 is 5.97 Å². The van der Waals surface area contributed by atoms with Crippen molar-refractivity contribution >= 4 is 5.97 Å². The topological polar surface area (TPSA) is 57.5 Å². The lowest BCUT2D eigenvalue weighted by Gasteiger charge is -2.61. The molecule has 2 unspecified atom stereocenters. The number of aliphatic hydroxyl groups excluding tert-OH is 1. The fourth-order valence-electron chi connectivity index (χ4n) is 12.5. The molecule has 4 rings (SSSR count). The smallest absolute Gasteiger partial charge is 0.306 e. The van der Waals surface area contributed by atoms with Gasteiger partial charge >= 0.3 is 5.97 Å². The van der Waals surface area contributed by atoms with E-state index in [1.807, 2.05) is 0 Å². The monoisotopic (exact) mass is 669 g/mol. The van der Waals surface area contributed by atoms with Crippen molar-refractivity contribution in [1.82, 2.24) is 0 Å². The van der Waals surface area contributed by atoms with E-state index in [-0.39, 0.29) is 23.4 Å². The standard InChI is InChI=1S/C45H80O3/c1-7-8-9-10-11-12-13-14-15-16-17-18-19-20-24-38(43(47)48)42-32-36(46)31-35-25-26-37-40-28-27-39(34(4)23-21-22-33(2)3)44(40,5)30-29-41(37)45(35,42)6/h25,33-34,36-42,46H,7-24,26-32H2,1-6H3,(H,47,48)/t34-,36-,37+,38?,39-,40+,41+,42?,44-,45-/m1/s1. The van der Waals surface area contributed by atoms with Gasteiger partial charge in [-0.25, -0.2) is 0 Å². The predicted octanol–water partition coefficient (Wildman–Crippen LogP) is 13.2. The zero-order valence-corrected chi connectivity index (χ0v) is 32.8. The normalized spacial score (nSPS) is 34.3. The van der Waals surface area contributed by atoms with Crippen LogP contribution >= 0.6 is 0 Å². The molecule has 0 aromatic carbocycles. The van der Waals surface area contributed by atoms with E-state index in [4.69, 9.17) is 0 Å². The molecular formula is C45H80O3. The van der Waals surface area contributed by atoms with Crippen LogP contribution in [0.4, 0.5) is 0 Å². The molecule has 278 valence electrons. The van der Waals surface area contributed by atoms with Gasteiger partial charge in [0.05, 0.1) is 12.0 Å². The number of hydrogen-bond acceptors (Lipinski definition) is 2. The van der Waals surface area contributed by atoms with Crippen LogP contribution in [0.15, 0.2) is 11.6 Å². The van der Waals surface area contributed by atoms with Crippen molar-refractivity contribution in [2.75, 3.05) is 0 Å². The molecule has 0 radical (unpaired) electrons. The third kappa shape index (κ3) is 9.73. The minimum Gasteiger partial charge on any atom is -0.481 e. The van der Waals surface area contributed by atoms with E-state index in [0.717, 1.165) is 55.8 Å². The molecule has 3 nitrogen and oxygen atoms in total. The van der Waals surface area contributed by atoms with Gasteiger partial charge in [-0.05, 0) is 104 Å². The Morgan fingerprint density at radius 2 is 1.38 bits per heavy atom. The Hall–Kier alpha value is -0.830. The summed E-state index contributed by atoms with van der Waals surface area (Å²) in [4.78, 5) is 13.0. The van der Waals surface area contributed by atoms with Crippen molar-refractivity contribution in [2.45, 2.75) is 208 Å². The summed E-state index contributed by atoms with van der Waals surface area (Å²) in [6.07, 6.45) is 33.5. The molecule has 0 amide bonds. The van der Waals surface area contributed by atoms with Crippen molar-refractivity contribution in [1.29, 1.82) is 0 Å². The fraction of sp³-hybridized carbons (Fsp3) is 0.933. The maximum atomic E-state index is 13.0. The Labute approximate surface area is 298 Å². The second kappa shape index (κ2) is 19.1. The largest absolute Gasteiger partial charge is 0.481 e. The molecule has 4 aliphatic carbocycles. The van der Waals surface area contributed by atoms with Crippen molar-refractivity contribution in [3.8, 4) is 0 Å². The molecule has 3 saturated carbocycles. The van der Waals surface area contributed by atoms with Crippen molar-refractivity contribution < 1.29 is 15.0 Å². The Bertz CT molecular complexity index is 985. The van der Waals surface area contributed by atoms with Gasteiger partial charge in [-0.3, -0.25) is 4.79 Å². The second-order valence-electron chi connectivity index (χ2n) is 18.7. The molecule has 3 heteroatoms. The van der Waals surface area contributed by atoms with Gasteiger partial charge in [0.15, 0.2) is 0 Å². The Morgan fingerprint density at radius 3 is 1.96 bits per heavy atom. The predicted molar refractivity (Wildman–Crippen MR) is 204 cm³/mol. The first kappa shape index (κ1) is 39.9. The summed E-state index contributed by atoms with van der Waals surface area (Å²) >= 11 is 0. The van der Waals surface area contributed by atoms with Crippen LogP contribution in [-0.4, -0.2) is 22.3 Å². The van der Waals surface area contributed by atoms with Gasteiger partial charge in [0.2, 0.25) is 0 Å².